The number of hydrogen-bond acceptors (Lipinski definition) is 6. The first kappa shape index (κ1) is 21.7. The zero-order valence-corrected chi connectivity index (χ0v) is 19.0. The van der Waals surface area contributed by atoms with Crippen molar-refractivity contribution in [2.75, 3.05) is 17.2 Å². The van der Waals surface area contributed by atoms with E-state index in [0.29, 0.717) is 23.5 Å². The Kier molecular flexibility index (Phi) is 6.94. The van der Waals surface area contributed by atoms with Gasteiger partial charge in [-0.1, -0.05) is 0 Å². The normalized spacial score (nSPS) is 10.5. The highest BCUT2D eigenvalue weighted by Crippen LogP contribution is 2.26. The molecule has 0 saturated carbocycles. The Labute approximate surface area is 193 Å². The number of amides is 2. The van der Waals surface area contributed by atoms with Gasteiger partial charge in [-0.3, -0.25) is 9.59 Å². The molecule has 162 valence electrons. The summed E-state index contributed by atoms with van der Waals surface area (Å²) in [7, 11) is 0. The third-order valence-corrected chi connectivity index (χ3v) is 6.14. The van der Waals surface area contributed by atoms with Crippen LogP contribution in [0.15, 0.2) is 70.7 Å². The van der Waals surface area contributed by atoms with Crippen LogP contribution in [-0.2, 0) is 11.2 Å². The van der Waals surface area contributed by atoms with Crippen LogP contribution in [0.25, 0.3) is 10.6 Å². The quantitative estimate of drug-likeness (QED) is 0.351. The Bertz CT molecular complexity index is 1180. The Hall–Kier alpha value is -3.49. The standard InChI is InChI=1S/C24H21N3O3S2/c1-2-30-21-9-7-19(8-10-21)26-23(29)16-3-5-18(6-4-16)25-22(28)13-20-15-32-24(27-20)17-11-12-31-14-17/h3-12,14-15H,2,13H2,1H3,(H,25,28)(H,26,29). The lowest BCUT2D eigenvalue weighted by molar-refractivity contribution is -0.115. The molecule has 4 aromatic rings. The maximum Gasteiger partial charge on any atom is 0.255 e. The number of carbonyl (C=O) groups is 2. The lowest BCUT2D eigenvalue weighted by atomic mass is 10.2. The van der Waals surface area contributed by atoms with Crippen molar-refractivity contribution in [2.24, 2.45) is 0 Å². The van der Waals surface area contributed by atoms with E-state index in [2.05, 4.69) is 15.6 Å². The van der Waals surface area contributed by atoms with Crippen LogP contribution in [0.5, 0.6) is 5.75 Å². The Morgan fingerprint density at radius 2 is 1.66 bits per heavy atom. The third kappa shape index (κ3) is 5.60. The first-order chi connectivity index (χ1) is 15.6. The van der Waals surface area contributed by atoms with Crippen molar-refractivity contribution in [3.8, 4) is 16.3 Å². The van der Waals surface area contributed by atoms with Crippen molar-refractivity contribution in [3.63, 3.8) is 0 Å². The summed E-state index contributed by atoms with van der Waals surface area (Å²) in [6, 6.07) is 16.0. The molecular weight excluding hydrogens is 442 g/mol. The minimum atomic E-state index is -0.226. The fourth-order valence-corrected chi connectivity index (χ4v) is 4.52. The summed E-state index contributed by atoms with van der Waals surface area (Å²) in [6.45, 7) is 2.51. The second kappa shape index (κ2) is 10.2. The molecule has 0 atom stereocenters. The van der Waals surface area contributed by atoms with Crippen LogP contribution < -0.4 is 15.4 Å². The molecule has 2 amide bonds. The van der Waals surface area contributed by atoms with Gasteiger partial charge < -0.3 is 15.4 Å². The number of thiazole rings is 1. The highest BCUT2D eigenvalue weighted by Gasteiger charge is 2.11. The molecule has 0 unspecified atom stereocenters. The van der Waals surface area contributed by atoms with E-state index in [0.717, 1.165) is 22.0 Å². The summed E-state index contributed by atoms with van der Waals surface area (Å²) in [5.74, 6) is 0.375. The number of hydrogen-bond donors (Lipinski definition) is 2. The molecule has 2 aromatic carbocycles. The lowest BCUT2D eigenvalue weighted by Crippen LogP contribution is -2.15. The topological polar surface area (TPSA) is 80.3 Å². The second-order valence-corrected chi connectivity index (χ2v) is 8.51. The van der Waals surface area contributed by atoms with Gasteiger partial charge in [0.05, 0.1) is 18.7 Å². The fourth-order valence-electron chi connectivity index (χ4n) is 2.99. The zero-order chi connectivity index (χ0) is 22.3. The highest BCUT2D eigenvalue weighted by atomic mass is 32.1. The molecule has 0 aliphatic carbocycles. The van der Waals surface area contributed by atoms with E-state index in [1.165, 1.54) is 11.3 Å². The van der Waals surface area contributed by atoms with Gasteiger partial charge in [-0.2, -0.15) is 11.3 Å². The average molecular weight is 464 g/mol. The first-order valence-corrected chi connectivity index (χ1v) is 11.8. The first-order valence-electron chi connectivity index (χ1n) is 10.0. The van der Waals surface area contributed by atoms with Crippen molar-refractivity contribution in [2.45, 2.75) is 13.3 Å². The summed E-state index contributed by atoms with van der Waals surface area (Å²) < 4.78 is 5.40. The lowest BCUT2D eigenvalue weighted by Gasteiger charge is -2.08. The molecule has 0 radical (unpaired) electrons. The molecule has 2 N–H and O–H groups in total. The van der Waals surface area contributed by atoms with Crippen LogP contribution in [-0.4, -0.2) is 23.4 Å². The second-order valence-electron chi connectivity index (χ2n) is 6.87. The molecule has 6 nitrogen and oxygen atoms in total. The van der Waals surface area contributed by atoms with E-state index < -0.39 is 0 Å². The Morgan fingerprint density at radius 1 is 0.938 bits per heavy atom. The average Bonchev–Trinajstić information content (AvgIpc) is 3.48. The van der Waals surface area contributed by atoms with Gasteiger partial charge in [0.1, 0.15) is 10.8 Å². The van der Waals surface area contributed by atoms with Crippen molar-refractivity contribution in [1.29, 1.82) is 0 Å². The van der Waals surface area contributed by atoms with Crippen LogP contribution in [0.1, 0.15) is 23.0 Å². The van der Waals surface area contributed by atoms with Crippen LogP contribution in [0.2, 0.25) is 0 Å². The van der Waals surface area contributed by atoms with Gasteiger partial charge in [-0.25, -0.2) is 4.98 Å². The summed E-state index contributed by atoms with van der Waals surface area (Å²) >= 11 is 3.15. The molecule has 0 aliphatic rings. The third-order valence-electron chi connectivity index (χ3n) is 4.52. The molecule has 4 rings (SSSR count). The van der Waals surface area contributed by atoms with Crippen molar-refractivity contribution in [3.05, 3.63) is 82.0 Å². The van der Waals surface area contributed by atoms with E-state index >= 15 is 0 Å². The number of nitrogens with zero attached hydrogens (tertiary/aromatic N) is 1. The van der Waals surface area contributed by atoms with Gasteiger partial charge in [-0.15, -0.1) is 11.3 Å². The maximum atomic E-state index is 12.5. The van der Waals surface area contributed by atoms with Crippen LogP contribution >= 0.6 is 22.7 Å². The zero-order valence-electron chi connectivity index (χ0n) is 17.3. The van der Waals surface area contributed by atoms with Gasteiger partial charge in [0.25, 0.3) is 5.91 Å². The maximum absolute atomic E-state index is 12.5. The number of rotatable bonds is 8. The van der Waals surface area contributed by atoms with E-state index in [9.17, 15) is 9.59 Å². The molecule has 0 aliphatic heterocycles. The number of ether oxygens (including phenoxy) is 1. The van der Waals surface area contributed by atoms with Gasteiger partial charge in [0.2, 0.25) is 5.91 Å². The van der Waals surface area contributed by atoms with Crippen LogP contribution in [0.3, 0.4) is 0 Å². The van der Waals surface area contributed by atoms with Crippen molar-refractivity contribution < 1.29 is 14.3 Å². The molecule has 8 heteroatoms. The largest absolute Gasteiger partial charge is 0.494 e. The minimum absolute atomic E-state index is 0.154. The number of anilines is 2. The number of aromatic nitrogens is 1. The highest BCUT2D eigenvalue weighted by molar-refractivity contribution is 7.14. The molecular formula is C24H21N3O3S2. The summed E-state index contributed by atoms with van der Waals surface area (Å²) in [5.41, 5.74) is 3.62. The van der Waals surface area contributed by atoms with E-state index in [1.54, 1.807) is 47.7 Å². The van der Waals surface area contributed by atoms with Gasteiger partial charge >= 0.3 is 0 Å². The predicted molar refractivity (Wildman–Crippen MR) is 130 cm³/mol. The van der Waals surface area contributed by atoms with Crippen LogP contribution in [0, 0.1) is 0 Å². The van der Waals surface area contributed by atoms with E-state index in [1.807, 2.05) is 41.3 Å². The number of benzene rings is 2. The SMILES string of the molecule is CCOc1ccc(NC(=O)c2ccc(NC(=O)Cc3csc(-c4ccsc4)n3)cc2)cc1. The molecule has 2 aromatic heterocycles. The Balaban J connectivity index is 1.31. The Morgan fingerprint density at radius 3 is 2.34 bits per heavy atom. The minimum Gasteiger partial charge on any atom is -0.494 e. The molecule has 32 heavy (non-hydrogen) atoms. The van der Waals surface area contributed by atoms with E-state index in [-0.39, 0.29) is 18.2 Å². The van der Waals surface area contributed by atoms with Crippen molar-refractivity contribution >= 4 is 45.9 Å². The summed E-state index contributed by atoms with van der Waals surface area (Å²) in [4.78, 5) is 29.4. The van der Waals surface area contributed by atoms with Gasteiger partial charge in [0, 0.05) is 33.3 Å². The molecule has 2 heterocycles. The van der Waals surface area contributed by atoms with Gasteiger partial charge in [-0.05, 0) is 66.9 Å². The molecule has 0 spiro atoms. The fraction of sp³-hybridized carbons (Fsp3) is 0.125. The van der Waals surface area contributed by atoms with E-state index in [4.69, 9.17) is 4.74 Å². The van der Waals surface area contributed by atoms with Crippen LogP contribution in [0.4, 0.5) is 11.4 Å². The number of thiophene rings is 1. The molecule has 0 saturated heterocycles. The monoisotopic (exact) mass is 463 g/mol. The number of carbonyl (C=O) groups excluding carboxylic acids is 2. The molecule has 0 fully saturated rings. The van der Waals surface area contributed by atoms with Gasteiger partial charge in [0.15, 0.2) is 0 Å². The van der Waals surface area contributed by atoms with Crippen molar-refractivity contribution in [1.82, 2.24) is 4.98 Å². The molecule has 0 bridgehead atoms. The predicted octanol–water partition coefficient (Wildman–Crippen LogP) is 5.70. The number of nitrogens with one attached hydrogen (secondary N) is 2. The summed E-state index contributed by atoms with van der Waals surface area (Å²) in [6.07, 6.45) is 0.195. The smallest absolute Gasteiger partial charge is 0.255 e. The summed E-state index contributed by atoms with van der Waals surface area (Å²) in [5, 5.41) is 12.6.